The number of nitrogens with zero attached hydrogens (tertiary/aromatic N) is 2. The smallest absolute Gasteiger partial charge is 0.234 e. The van der Waals surface area contributed by atoms with Gasteiger partial charge in [0.25, 0.3) is 0 Å². The lowest BCUT2D eigenvalue weighted by Gasteiger charge is -2.36. The third-order valence-electron chi connectivity index (χ3n) is 4.44. The van der Waals surface area contributed by atoms with E-state index in [9.17, 15) is 9.59 Å². The summed E-state index contributed by atoms with van der Waals surface area (Å²) in [5.41, 5.74) is 0. The first-order valence-electron chi connectivity index (χ1n) is 8.07. The van der Waals surface area contributed by atoms with Crippen LogP contribution in [0.1, 0.15) is 40.5 Å². The molecule has 0 aromatic heterocycles. The zero-order chi connectivity index (χ0) is 16.0. The molecule has 1 fully saturated rings. The molecule has 0 saturated carbocycles. The second-order valence-corrected chi connectivity index (χ2v) is 6.48. The summed E-state index contributed by atoms with van der Waals surface area (Å²) in [6.45, 7) is 11.3. The van der Waals surface area contributed by atoms with Crippen molar-refractivity contribution in [1.82, 2.24) is 15.1 Å². The van der Waals surface area contributed by atoms with Crippen molar-refractivity contribution in [1.29, 1.82) is 0 Å². The molecule has 1 N–H and O–H groups in total. The number of likely N-dealkylation sites (N-methyl/N-ethyl adjacent to an activating group) is 1. The van der Waals surface area contributed by atoms with Gasteiger partial charge in [-0.1, -0.05) is 20.8 Å². The Morgan fingerprint density at radius 2 is 1.86 bits per heavy atom. The molecule has 1 unspecified atom stereocenters. The molecule has 1 amide bonds. The number of carbonyl (C=O) groups excluding carboxylic acids is 2. The molecular formula is C16H31N3O2. The van der Waals surface area contributed by atoms with Crippen LogP contribution in [-0.2, 0) is 9.59 Å². The van der Waals surface area contributed by atoms with Crippen molar-refractivity contribution >= 4 is 11.7 Å². The van der Waals surface area contributed by atoms with Crippen LogP contribution in [0.4, 0.5) is 0 Å². The number of piperidine rings is 1. The van der Waals surface area contributed by atoms with Crippen LogP contribution in [0, 0.1) is 5.92 Å². The number of nitrogens with one attached hydrogen (secondary N) is 1. The van der Waals surface area contributed by atoms with Gasteiger partial charge in [-0.2, -0.15) is 0 Å². The fourth-order valence-corrected chi connectivity index (χ4v) is 2.99. The van der Waals surface area contributed by atoms with E-state index >= 15 is 0 Å². The number of amides is 1. The highest BCUT2D eigenvalue weighted by atomic mass is 16.2. The molecule has 1 aliphatic rings. The highest BCUT2D eigenvalue weighted by Gasteiger charge is 2.25. The first kappa shape index (κ1) is 18.1. The van der Waals surface area contributed by atoms with E-state index in [2.05, 4.69) is 22.0 Å². The lowest BCUT2D eigenvalue weighted by Crippen LogP contribution is -2.50. The third-order valence-corrected chi connectivity index (χ3v) is 4.44. The summed E-state index contributed by atoms with van der Waals surface area (Å²) in [6.07, 6.45) is 2.22. The van der Waals surface area contributed by atoms with Gasteiger partial charge in [-0.3, -0.25) is 14.5 Å². The maximum Gasteiger partial charge on any atom is 0.234 e. The number of rotatable bonds is 7. The maximum atomic E-state index is 12.1. The molecule has 1 rings (SSSR count). The maximum absolute atomic E-state index is 12.1. The van der Waals surface area contributed by atoms with Crippen LogP contribution >= 0.6 is 0 Å². The molecule has 1 atom stereocenters. The Bertz CT molecular complexity index is 349. The minimum absolute atomic E-state index is 0.0252. The van der Waals surface area contributed by atoms with E-state index in [0.717, 1.165) is 32.5 Å². The van der Waals surface area contributed by atoms with E-state index < -0.39 is 0 Å². The first-order chi connectivity index (χ1) is 9.85. The van der Waals surface area contributed by atoms with Crippen molar-refractivity contribution in [2.24, 2.45) is 5.92 Å². The molecule has 5 heteroatoms. The van der Waals surface area contributed by atoms with Gasteiger partial charge in [0.15, 0.2) is 5.78 Å². The van der Waals surface area contributed by atoms with Crippen LogP contribution in [-0.4, -0.2) is 66.8 Å². The van der Waals surface area contributed by atoms with Gasteiger partial charge in [0.2, 0.25) is 5.91 Å². The summed E-state index contributed by atoms with van der Waals surface area (Å²) in [7, 11) is 2.00. The molecule has 0 aromatic rings. The zero-order valence-electron chi connectivity index (χ0n) is 14.2. The highest BCUT2D eigenvalue weighted by Crippen LogP contribution is 2.14. The van der Waals surface area contributed by atoms with E-state index in [4.69, 9.17) is 0 Å². The minimum Gasteiger partial charge on any atom is -0.345 e. The average molecular weight is 297 g/mol. The lowest BCUT2D eigenvalue weighted by molar-refractivity contribution is -0.128. The first-order valence-corrected chi connectivity index (χ1v) is 8.07. The quantitative estimate of drug-likeness (QED) is 0.765. The molecule has 1 heterocycles. The van der Waals surface area contributed by atoms with Gasteiger partial charge in [0, 0.05) is 6.04 Å². The number of hydrogen-bond acceptors (Lipinski definition) is 4. The summed E-state index contributed by atoms with van der Waals surface area (Å²) < 4.78 is 0. The Morgan fingerprint density at radius 3 is 2.29 bits per heavy atom. The van der Waals surface area contributed by atoms with Crippen LogP contribution < -0.4 is 5.32 Å². The van der Waals surface area contributed by atoms with Gasteiger partial charge in [-0.15, -0.1) is 0 Å². The number of Topliss-reactive ketones (excluding diaryl/α,β-unsaturated/α-hetero) is 1. The molecule has 0 spiro atoms. The van der Waals surface area contributed by atoms with Gasteiger partial charge in [0.05, 0.1) is 12.6 Å². The van der Waals surface area contributed by atoms with E-state index in [1.54, 1.807) is 0 Å². The van der Waals surface area contributed by atoms with E-state index in [-0.39, 0.29) is 23.7 Å². The molecule has 1 aliphatic heterocycles. The lowest BCUT2D eigenvalue weighted by atomic mass is 10.0. The monoisotopic (exact) mass is 297 g/mol. The predicted octanol–water partition coefficient (Wildman–Crippen LogP) is 1.13. The summed E-state index contributed by atoms with van der Waals surface area (Å²) in [4.78, 5) is 28.2. The van der Waals surface area contributed by atoms with Gasteiger partial charge in [-0.05, 0) is 52.4 Å². The molecule has 21 heavy (non-hydrogen) atoms. The van der Waals surface area contributed by atoms with E-state index in [0.29, 0.717) is 12.6 Å². The van der Waals surface area contributed by atoms with Gasteiger partial charge < -0.3 is 10.2 Å². The second-order valence-electron chi connectivity index (χ2n) is 6.48. The standard InChI is InChI=1S/C16H31N3O2/c1-6-19-9-7-14(8-10-19)18(5)11-15(21)17-16(12(2)3)13(4)20/h12,14,16H,6-11H2,1-5H3,(H,17,21). The third kappa shape index (κ3) is 5.75. The van der Waals surface area contributed by atoms with Crippen LogP contribution in [0.2, 0.25) is 0 Å². The Kier molecular flexibility index (Phi) is 7.32. The minimum atomic E-state index is -0.368. The number of hydrogen-bond donors (Lipinski definition) is 1. The van der Waals surface area contributed by atoms with Crippen molar-refractivity contribution < 1.29 is 9.59 Å². The van der Waals surface area contributed by atoms with Crippen LogP contribution in [0.5, 0.6) is 0 Å². The van der Waals surface area contributed by atoms with Crippen molar-refractivity contribution in [3.8, 4) is 0 Å². The van der Waals surface area contributed by atoms with Gasteiger partial charge >= 0.3 is 0 Å². The van der Waals surface area contributed by atoms with E-state index in [1.165, 1.54) is 6.92 Å². The number of ketones is 1. The summed E-state index contributed by atoms with van der Waals surface area (Å²) in [5.74, 6) is 0.103. The molecular weight excluding hydrogens is 266 g/mol. The predicted molar refractivity (Wildman–Crippen MR) is 85.2 cm³/mol. The Balaban J connectivity index is 2.42. The second kappa shape index (κ2) is 8.49. The average Bonchev–Trinajstić information content (AvgIpc) is 2.44. The fraction of sp³-hybridized carbons (Fsp3) is 0.875. The van der Waals surface area contributed by atoms with Crippen LogP contribution in [0.15, 0.2) is 0 Å². The zero-order valence-corrected chi connectivity index (χ0v) is 14.2. The van der Waals surface area contributed by atoms with Crippen molar-refractivity contribution in [3.63, 3.8) is 0 Å². The molecule has 0 radical (unpaired) electrons. The number of likely N-dealkylation sites (tertiary alicyclic amines) is 1. The molecule has 5 nitrogen and oxygen atoms in total. The van der Waals surface area contributed by atoms with E-state index in [1.807, 2.05) is 20.9 Å². The topological polar surface area (TPSA) is 52.6 Å². The van der Waals surface area contributed by atoms with Gasteiger partial charge in [0.1, 0.15) is 0 Å². The molecule has 0 aliphatic carbocycles. The largest absolute Gasteiger partial charge is 0.345 e. The normalized spacial score (nSPS) is 19.0. The summed E-state index contributed by atoms with van der Waals surface area (Å²) in [5, 5.41) is 2.87. The van der Waals surface area contributed by atoms with Crippen molar-refractivity contribution in [2.75, 3.05) is 33.2 Å². The van der Waals surface area contributed by atoms with Crippen molar-refractivity contribution in [2.45, 2.75) is 52.6 Å². The van der Waals surface area contributed by atoms with Gasteiger partial charge in [-0.25, -0.2) is 0 Å². The molecule has 0 bridgehead atoms. The molecule has 122 valence electrons. The molecule has 0 aromatic carbocycles. The van der Waals surface area contributed by atoms with Crippen LogP contribution in [0.25, 0.3) is 0 Å². The summed E-state index contributed by atoms with van der Waals surface area (Å²) >= 11 is 0. The Morgan fingerprint density at radius 1 is 1.29 bits per heavy atom. The summed E-state index contributed by atoms with van der Waals surface area (Å²) in [6, 6.07) is 0.0983. The highest BCUT2D eigenvalue weighted by molar-refractivity contribution is 5.88. The molecule has 1 saturated heterocycles. The Labute approximate surface area is 129 Å². The fourth-order valence-electron chi connectivity index (χ4n) is 2.99. The Hall–Kier alpha value is -0.940. The van der Waals surface area contributed by atoms with Crippen LogP contribution in [0.3, 0.4) is 0 Å². The van der Waals surface area contributed by atoms with Crippen molar-refractivity contribution in [3.05, 3.63) is 0 Å². The SMILES string of the molecule is CCN1CCC(N(C)CC(=O)NC(C(C)=O)C(C)C)CC1. The number of carbonyl (C=O) groups is 2.